The summed E-state index contributed by atoms with van der Waals surface area (Å²) in [6, 6.07) is 6.01. The Morgan fingerprint density at radius 3 is 2.82 bits per heavy atom. The lowest BCUT2D eigenvalue weighted by molar-refractivity contribution is 0.727. The van der Waals surface area contributed by atoms with Gasteiger partial charge in [0.1, 0.15) is 0 Å². The molecule has 1 N–H and O–H groups in total. The van der Waals surface area contributed by atoms with E-state index in [4.69, 9.17) is 11.6 Å². The van der Waals surface area contributed by atoms with Crippen LogP contribution in [0.2, 0.25) is 5.02 Å². The van der Waals surface area contributed by atoms with Crippen molar-refractivity contribution in [1.29, 1.82) is 0 Å². The Morgan fingerprint density at radius 1 is 1.29 bits per heavy atom. The van der Waals surface area contributed by atoms with E-state index >= 15 is 0 Å². The van der Waals surface area contributed by atoms with Gasteiger partial charge in [-0.2, -0.15) is 0 Å². The Morgan fingerprint density at radius 2 is 2.18 bits per heavy atom. The van der Waals surface area contributed by atoms with Gasteiger partial charge in [-0.25, -0.2) is 0 Å². The van der Waals surface area contributed by atoms with Crippen LogP contribution in [0.3, 0.4) is 0 Å². The number of nitrogens with zero attached hydrogens (tertiary/aromatic N) is 2. The van der Waals surface area contributed by atoms with Crippen molar-refractivity contribution in [2.24, 2.45) is 0 Å². The van der Waals surface area contributed by atoms with E-state index in [9.17, 15) is 0 Å². The zero-order chi connectivity index (χ0) is 12.1. The third kappa shape index (κ3) is 3.02. The fourth-order valence-corrected chi connectivity index (χ4v) is 1.88. The number of rotatable bonds is 4. The molecule has 2 rings (SSSR count). The second-order valence-corrected chi connectivity index (χ2v) is 4.09. The van der Waals surface area contributed by atoms with Gasteiger partial charge < -0.3 is 5.32 Å². The van der Waals surface area contributed by atoms with Crippen molar-refractivity contribution >= 4 is 11.6 Å². The van der Waals surface area contributed by atoms with Gasteiger partial charge in [0, 0.05) is 24.5 Å². The molecule has 1 heterocycles. The normalized spacial score (nSPS) is 10.5. The van der Waals surface area contributed by atoms with Crippen molar-refractivity contribution in [3.8, 4) is 11.3 Å². The van der Waals surface area contributed by atoms with E-state index in [1.165, 1.54) is 5.56 Å². The molecule has 0 atom stereocenters. The van der Waals surface area contributed by atoms with Crippen LogP contribution in [0.1, 0.15) is 12.5 Å². The molecular formula is C13H14ClN3. The average Bonchev–Trinajstić information content (AvgIpc) is 2.37. The molecular weight excluding hydrogens is 234 g/mol. The fourth-order valence-electron chi connectivity index (χ4n) is 1.58. The number of aromatic nitrogens is 2. The van der Waals surface area contributed by atoms with Gasteiger partial charge in [0.05, 0.1) is 16.9 Å². The van der Waals surface area contributed by atoms with Gasteiger partial charge in [-0.3, -0.25) is 9.97 Å². The van der Waals surface area contributed by atoms with E-state index in [1.54, 1.807) is 18.6 Å². The van der Waals surface area contributed by atoms with Gasteiger partial charge in [0.15, 0.2) is 0 Å². The van der Waals surface area contributed by atoms with Gasteiger partial charge in [-0.05, 0) is 18.2 Å². The summed E-state index contributed by atoms with van der Waals surface area (Å²) in [4.78, 5) is 8.28. The maximum atomic E-state index is 6.25. The minimum Gasteiger partial charge on any atom is -0.313 e. The molecule has 0 radical (unpaired) electrons. The summed E-state index contributed by atoms with van der Waals surface area (Å²) >= 11 is 6.25. The van der Waals surface area contributed by atoms with E-state index in [0.29, 0.717) is 5.02 Å². The number of nitrogens with one attached hydrogen (secondary N) is 1. The first kappa shape index (κ1) is 12.0. The van der Waals surface area contributed by atoms with E-state index in [0.717, 1.165) is 24.3 Å². The molecule has 0 spiro atoms. The van der Waals surface area contributed by atoms with Gasteiger partial charge in [-0.1, -0.05) is 30.7 Å². The standard InChI is InChI=1S/C13H14ClN3/c1-2-15-8-10-3-4-11(12(14)7-10)13-9-16-5-6-17-13/h3-7,9,15H,2,8H2,1H3. The Hall–Kier alpha value is -1.45. The van der Waals surface area contributed by atoms with Crippen LogP contribution in [-0.2, 0) is 6.54 Å². The lowest BCUT2D eigenvalue weighted by Gasteiger charge is -2.06. The van der Waals surface area contributed by atoms with Crippen LogP contribution in [0.25, 0.3) is 11.3 Å². The maximum Gasteiger partial charge on any atom is 0.0900 e. The molecule has 1 aromatic carbocycles. The molecule has 2 aromatic rings. The minimum atomic E-state index is 0.709. The molecule has 1 aromatic heterocycles. The lowest BCUT2D eigenvalue weighted by Crippen LogP contribution is -2.11. The van der Waals surface area contributed by atoms with Gasteiger partial charge in [-0.15, -0.1) is 0 Å². The topological polar surface area (TPSA) is 37.8 Å². The molecule has 3 nitrogen and oxygen atoms in total. The summed E-state index contributed by atoms with van der Waals surface area (Å²) in [6.07, 6.45) is 5.03. The lowest BCUT2D eigenvalue weighted by atomic mass is 10.1. The zero-order valence-electron chi connectivity index (χ0n) is 9.65. The highest BCUT2D eigenvalue weighted by atomic mass is 35.5. The third-order valence-electron chi connectivity index (χ3n) is 2.45. The van der Waals surface area contributed by atoms with E-state index in [-0.39, 0.29) is 0 Å². The van der Waals surface area contributed by atoms with Crippen LogP contribution in [0, 0.1) is 0 Å². The molecule has 0 fully saturated rings. The maximum absolute atomic E-state index is 6.25. The minimum absolute atomic E-state index is 0.709. The predicted octanol–water partition coefficient (Wildman–Crippen LogP) is 2.91. The Balaban J connectivity index is 2.26. The molecule has 17 heavy (non-hydrogen) atoms. The number of benzene rings is 1. The predicted molar refractivity (Wildman–Crippen MR) is 69.9 cm³/mol. The molecule has 0 bridgehead atoms. The second kappa shape index (κ2) is 5.75. The van der Waals surface area contributed by atoms with Crippen LogP contribution in [-0.4, -0.2) is 16.5 Å². The monoisotopic (exact) mass is 247 g/mol. The van der Waals surface area contributed by atoms with E-state index in [2.05, 4.69) is 28.3 Å². The zero-order valence-corrected chi connectivity index (χ0v) is 10.4. The Bertz CT molecular complexity index is 485. The second-order valence-electron chi connectivity index (χ2n) is 3.69. The molecule has 0 amide bonds. The van der Waals surface area contributed by atoms with Crippen molar-refractivity contribution in [2.45, 2.75) is 13.5 Å². The summed E-state index contributed by atoms with van der Waals surface area (Å²) in [7, 11) is 0. The number of halogens is 1. The van der Waals surface area contributed by atoms with Gasteiger partial charge in [0.25, 0.3) is 0 Å². The van der Waals surface area contributed by atoms with Crippen molar-refractivity contribution in [1.82, 2.24) is 15.3 Å². The van der Waals surface area contributed by atoms with Crippen LogP contribution in [0.4, 0.5) is 0 Å². The summed E-state index contributed by atoms with van der Waals surface area (Å²) in [5.41, 5.74) is 2.89. The van der Waals surface area contributed by atoms with Gasteiger partial charge >= 0.3 is 0 Å². The summed E-state index contributed by atoms with van der Waals surface area (Å²) in [6.45, 7) is 3.86. The Labute approximate surface area is 106 Å². The van der Waals surface area contributed by atoms with E-state index in [1.807, 2.05) is 12.1 Å². The molecule has 0 aliphatic rings. The van der Waals surface area contributed by atoms with Crippen molar-refractivity contribution in [2.75, 3.05) is 6.54 Å². The summed E-state index contributed by atoms with van der Waals surface area (Å²) in [5, 5.41) is 3.97. The molecule has 88 valence electrons. The molecule has 0 aliphatic heterocycles. The molecule has 0 aliphatic carbocycles. The Kier molecular flexibility index (Phi) is 4.07. The van der Waals surface area contributed by atoms with Crippen molar-refractivity contribution in [3.63, 3.8) is 0 Å². The fraction of sp³-hybridized carbons (Fsp3) is 0.231. The van der Waals surface area contributed by atoms with Crippen LogP contribution in [0.15, 0.2) is 36.8 Å². The first-order valence-corrected chi connectivity index (χ1v) is 5.94. The molecule has 0 unspecified atom stereocenters. The molecule has 0 saturated heterocycles. The third-order valence-corrected chi connectivity index (χ3v) is 2.76. The quantitative estimate of drug-likeness (QED) is 0.903. The first-order valence-electron chi connectivity index (χ1n) is 5.56. The molecule has 0 saturated carbocycles. The van der Waals surface area contributed by atoms with Gasteiger partial charge in [0.2, 0.25) is 0 Å². The summed E-state index contributed by atoms with van der Waals surface area (Å²) < 4.78 is 0. The first-order chi connectivity index (χ1) is 8.31. The largest absolute Gasteiger partial charge is 0.313 e. The smallest absolute Gasteiger partial charge is 0.0900 e. The average molecular weight is 248 g/mol. The van der Waals surface area contributed by atoms with Crippen LogP contribution >= 0.6 is 11.6 Å². The molecule has 4 heteroatoms. The highest BCUT2D eigenvalue weighted by molar-refractivity contribution is 6.33. The van der Waals surface area contributed by atoms with Crippen LogP contribution in [0.5, 0.6) is 0 Å². The van der Waals surface area contributed by atoms with E-state index < -0.39 is 0 Å². The van der Waals surface area contributed by atoms with Crippen molar-refractivity contribution in [3.05, 3.63) is 47.4 Å². The van der Waals surface area contributed by atoms with Crippen LogP contribution < -0.4 is 5.32 Å². The highest BCUT2D eigenvalue weighted by Crippen LogP contribution is 2.26. The number of hydrogen-bond acceptors (Lipinski definition) is 3. The highest BCUT2D eigenvalue weighted by Gasteiger charge is 2.05. The van der Waals surface area contributed by atoms with Crippen molar-refractivity contribution < 1.29 is 0 Å². The summed E-state index contributed by atoms with van der Waals surface area (Å²) in [5.74, 6) is 0. The number of hydrogen-bond donors (Lipinski definition) is 1. The SMILES string of the molecule is CCNCc1ccc(-c2cnccn2)c(Cl)c1.